The standard InChI is InChI=1S/C7H14O2/c1-9-5-6-3-2-4-7(6)8/h6-8H,2-5H2,1H3. The highest BCUT2D eigenvalue weighted by Crippen LogP contribution is 2.25. The highest BCUT2D eigenvalue weighted by molar-refractivity contribution is 4.75. The molecule has 2 nitrogen and oxygen atoms in total. The normalized spacial score (nSPS) is 35.3. The van der Waals surface area contributed by atoms with Crippen LogP contribution in [0, 0.1) is 5.92 Å². The van der Waals surface area contributed by atoms with Crippen LogP contribution in [-0.2, 0) is 4.74 Å². The molecule has 0 radical (unpaired) electrons. The molecule has 0 heterocycles. The molecule has 0 amide bonds. The third kappa shape index (κ3) is 1.66. The fourth-order valence-corrected chi connectivity index (χ4v) is 1.43. The average Bonchev–Trinajstić information content (AvgIpc) is 2.18. The second-order valence-electron chi connectivity index (χ2n) is 2.71. The Bertz CT molecular complexity index is 83.0. The zero-order valence-electron chi connectivity index (χ0n) is 5.84. The van der Waals surface area contributed by atoms with Crippen LogP contribution in [0.4, 0.5) is 0 Å². The third-order valence-electron chi connectivity index (χ3n) is 2.00. The SMILES string of the molecule is COCC1CCCC1O. The van der Waals surface area contributed by atoms with Crippen LogP contribution >= 0.6 is 0 Å². The molecule has 1 aliphatic rings. The average molecular weight is 130 g/mol. The first kappa shape index (κ1) is 7.03. The van der Waals surface area contributed by atoms with E-state index < -0.39 is 0 Å². The largest absolute Gasteiger partial charge is 0.393 e. The summed E-state index contributed by atoms with van der Waals surface area (Å²) in [6.45, 7) is 0.723. The first-order valence-electron chi connectivity index (χ1n) is 3.51. The van der Waals surface area contributed by atoms with Gasteiger partial charge in [0.25, 0.3) is 0 Å². The third-order valence-corrected chi connectivity index (χ3v) is 2.00. The van der Waals surface area contributed by atoms with E-state index >= 15 is 0 Å². The summed E-state index contributed by atoms with van der Waals surface area (Å²) in [5.41, 5.74) is 0. The Morgan fingerprint density at radius 2 is 2.33 bits per heavy atom. The molecular formula is C7H14O2. The summed E-state index contributed by atoms with van der Waals surface area (Å²) < 4.78 is 4.94. The predicted octanol–water partition coefficient (Wildman–Crippen LogP) is 0.794. The molecule has 2 unspecified atom stereocenters. The van der Waals surface area contributed by atoms with E-state index in [0.29, 0.717) is 5.92 Å². The molecule has 1 saturated carbocycles. The molecule has 0 aliphatic heterocycles. The molecule has 0 aromatic carbocycles. The number of methoxy groups -OCH3 is 1. The van der Waals surface area contributed by atoms with Crippen molar-refractivity contribution in [1.82, 2.24) is 0 Å². The minimum absolute atomic E-state index is 0.0926. The van der Waals surface area contributed by atoms with Crippen LogP contribution in [0.25, 0.3) is 0 Å². The molecule has 2 atom stereocenters. The maximum Gasteiger partial charge on any atom is 0.0590 e. The van der Waals surface area contributed by atoms with Crippen molar-refractivity contribution in [2.24, 2.45) is 5.92 Å². The topological polar surface area (TPSA) is 29.5 Å². The molecule has 1 N–H and O–H groups in total. The van der Waals surface area contributed by atoms with Crippen LogP contribution in [0.15, 0.2) is 0 Å². The lowest BCUT2D eigenvalue weighted by atomic mass is 10.1. The molecule has 0 aromatic heterocycles. The van der Waals surface area contributed by atoms with Crippen molar-refractivity contribution >= 4 is 0 Å². The zero-order valence-corrected chi connectivity index (χ0v) is 5.84. The molecule has 0 bridgehead atoms. The fraction of sp³-hybridized carbons (Fsp3) is 1.00. The van der Waals surface area contributed by atoms with Crippen LogP contribution in [0.3, 0.4) is 0 Å². The number of rotatable bonds is 2. The van der Waals surface area contributed by atoms with Crippen molar-refractivity contribution in [3.8, 4) is 0 Å². The van der Waals surface area contributed by atoms with E-state index in [2.05, 4.69) is 0 Å². The summed E-state index contributed by atoms with van der Waals surface area (Å²) in [5, 5.41) is 9.24. The lowest BCUT2D eigenvalue weighted by Crippen LogP contribution is -2.17. The minimum Gasteiger partial charge on any atom is -0.393 e. The smallest absolute Gasteiger partial charge is 0.0590 e. The van der Waals surface area contributed by atoms with E-state index in [0.717, 1.165) is 25.9 Å². The van der Waals surface area contributed by atoms with E-state index in [4.69, 9.17) is 4.74 Å². The Labute approximate surface area is 55.8 Å². The van der Waals surface area contributed by atoms with Gasteiger partial charge in [0.05, 0.1) is 12.7 Å². The van der Waals surface area contributed by atoms with E-state index in [1.165, 1.54) is 0 Å². The second kappa shape index (κ2) is 3.18. The molecule has 9 heavy (non-hydrogen) atoms. The van der Waals surface area contributed by atoms with Crippen molar-refractivity contribution in [1.29, 1.82) is 0 Å². The molecule has 0 spiro atoms. The van der Waals surface area contributed by atoms with Crippen LogP contribution in [0.2, 0.25) is 0 Å². The van der Waals surface area contributed by atoms with Crippen molar-refractivity contribution in [2.75, 3.05) is 13.7 Å². The van der Waals surface area contributed by atoms with Crippen LogP contribution in [0.5, 0.6) is 0 Å². The molecule has 1 rings (SSSR count). The highest BCUT2D eigenvalue weighted by Gasteiger charge is 2.24. The number of ether oxygens (including phenoxy) is 1. The molecule has 1 fully saturated rings. The Morgan fingerprint density at radius 1 is 1.56 bits per heavy atom. The van der Waals surface area contributed by atoms with Crippen molar-refractivity contribution in [3.05, 3.63) is 0 Å². The summed E-state index contributed by atoms with van der Waals surface area (Å²) >= 11 is 0. The van der Waals surface area contributed by atoms with Gasteiger partial charge in [-0.25, -0.2) is 0 Å². The van der Waals surface area contributed by atoms with E-state index in [1.807, 2.05) is 0 Å². The first-order chi connectivity index (χ1) is 4.34. The molecule has 0 saturated heterocycles. The molecular weight excluding hydrogens is 116 g/mol. The van der Waals surface area contributed by atoms with E-state index in [-0.39, 0.29) is 6.10 Å². The molecule has 1 aliphatic carbocycles. The van der Waals surface area contributed by atoms with Gasteiger partial charge in [0.15, 0.2) is 0 Å². The van der Waals surface area contributed by atoms with E-state index in [1.54, 1.807) is 7.11 Å². The van der Waals surface area contributed by atoms with Crippen molar-refractivity contribution in [3.63, 3.8) is 0 Å². The van der Waals surface area contributed by atoms with Crippen molar-refractivity contribution < 1.29 is 9.84 Å². The van der Waals surface area contributed by atoms with Gasteiger partial charge in [-0.3, -0.25) is 0 Å². The van der Waals surface area contributed by atoms with Crippen LogP contribution < -0.4 is 0 Å². The Balaban J connectivity index is 2.22. The molecule has 54 valence electrons. The molecule has 2 heteroatoms. The summed E-state index contributed by atoms with van der Waals surface area (Å²) in [7, 11) is 1.69. The van der Waals surface area contributed by atoms with Crippen molar-refractivity contribution in [2.45, 2.75) is 25.4 Å². The maximum absolute atomic E-state index is 9.24. The monoisotopic (exact) mass is 130 g/mol. The summed E-state index contributed by atoms with van der Waals surface area (Å²) in [5.74, 6) is 0.412. The first-order valence-corrected chi connectivity index (χ1v) is 3.51. The van der Waals surface area contributed by atoms with Gasteiger partial charge in [0.2, 0.25) is 0 Å². The van der Waals surface area contributed by atoms with Gasteiger partial charge < -0.3 is 9.84 Å². The van der Waals surface area contributed by atoms with Gasteiger partial charge in [-0.2, -0.15) is 0 Å². The highest BCUT2D eigenvalue weighted by atomic mass is 16.5. The van der Waals surface area contributed by atoms with Gasteiger partial charge >= 0.3 is 0 Å². The fourth-order valence-electron chi connectivity index (χ4n) is 1.43. The van der Waals surface area contributed by atoms with Gasteiger partial charge in [-0.05, 0) is 12.8 Å². The minimum atomic E-state index is -0.0926. The van der Waals surface area contributed by atoms with Gasteiger partial charge in [0.1, 0.15) is 0 Å². The Kier molecular flexibility index (Phi) is 2.49. The summed E-state index contributed by atoms with van der Waals surface area (Å²) in [6.07, 6.45) is 3.17. The summed E-state index contributed by atoms with van der Waals surface area (Å²) in [6, 6.07) is 0. The predicted molar refractivity (Wildman–Crippen MR) is 35.2 cm³/mol. The maximum atomic E-state index is 9.24. The quantitative estimate of drug-likeness (QED) is 0.599. The number of aliphatic hydroxyl groups is 1. The van der Waals surface area contributed by atoms with Crippen LogP contribution in [-0.4, -0.2) is 24.9 Å². The second-order valence-corrected chi connectivity index (χ2v) is 2.71. The van der Waals surface area contributed by atoms with E-state index in [9.17, 15) is 5.11 Å². The van der Waals surface area contributed by atoms with Crippen LogP contribution in [0.1, 0.15) is 19.3 Å². The van der Waals surface area contributed by atoms with Gasteiger partial charge in [-0.15, -0.1) is 0 Å². The number of hydrogen-bond donors (Lipinski definition) is 1. The Hall–Kier alpha value is -0.0800. The Morgan fingerprint density at radius 3 is 2.78 bits per heavy atom. The number of hydrogen-bond acceptors (Lipinski definition) is 2. The zero-order chi connectivity index (χ0) is 6.69. The lowest BCUT2D eigenvalue weighted by Gasteiger charge is -2.11. The molecule has 0 aromatic rings. The number of aliphatic hydroxyl groups excluding tert-OH is 1. The van der Waals surface area contributed by atoms with Gasteiger partial charge in [0, 0.05) is 13.0 Å². The lowest BCUT2D eigenvalue weighted by molar-refractivity contribution is 0.0683. The summed E-state index contributed by atoms with van der Waals surface area (Å²) in [4.78, 5) is 0. The van der Waals surface area contributed by atoms with Gasteiger partial charge in [-0.1, -0.05) is 6.42 Å².